The Morgan fingerprint density at radius 2 is 2.10 bits per heavy atom. The van der Waals surface area contributed by atoms with E-state index in [-0.39, 0.29) is 11.7 Å². The van der Waals surface area contributed by atoms with Gasteiger partial charge in [0, 0.05) is 0 Å². The summed E-state index contributed by atoms with van der Waals surface area (Å²) in [4.78, 5) is 7.29. The van der Waals surface area contributed by atoms with E-state index >= 15 is 0 Å². The fourth-order valence-electron chi connectivity index (χ4n) is 1.82. The minimum atomic E-state index is -1.59. The predicted octanol–water partition coefficient (Wildman–Crippen LogP) is 3.54. The molecule has 110 valence electrons. The van der Waals surface area contributed by atoms with Crippen molar-refractivity contribution in [1.29, 1.82) is 5.26 Å². The minimum Gasteiger partial charge on any atom is -0.339 e. The van der Waals surface area contributed by atoms with Gasteiger partial charge in [-0.2, -0.15) is 5.26 Å². The summed E-state index contributed by atoms with van der Waals surface area (Å²) in [7, 11) is 0. The maximum absolute atomic E-state index is 9.20. The quantitative estimate of drug-likeness (QED) is 0.837. The van der Waals surface area contributed by atoms with E-state index in [0.29, 0.717) is 0 Å². The Bertz CT molecular complexity index is 578. The Hall–Kier alpha value is -0.690. The average molecular weight is 335 g/mol. The van der Waals surface area contributed by atoms with Gasteiger partial charge in [0.15, 0.2) is 5.82 Å². The van der Waals surface area contributed by atoms with Crippen LogP contribution in [0, 0.1) is 17.2 Å². The van der Waals surface area contributed by atoms with Gasteiger partial charge in [0.25, 0.3) is 0 Å². The van der Waals surface area contributed by atoms with Gasteiger partial charge in [-0.1, -0.05) is 67.6 Å². The number of hydrogen-bond donors (Lipinski definition) is 1. The second-order valence-electron chi connectivity index (χ2n) is 4.54. The normalized spacial score (nSPS) is 15.4. The molecule has 0 saturated heterocycles. The summed E-state index contributed by atoms with van der Waals surface area (Å²) in [6.07, 6.45) is 7.51. The molecule has 0 aliphatic carbocycles. The number of nitrogens with zero attached hydrogens (tertiary/aromatic N) is 2. The van der Waals surface area contributed by atoms with E-state index in [1.807, 2.05) is 19.1 Å². The number of aromatic amines is 1. The lowest BCUT2D eigenvalue weighted by Gasteiger charge is -2.04. The molecule has 0 spiro atoms. The maximum atomic E-state index is 9.20. The highest BCUT2D eigenvalue weighted by molar-refractivity contribution is 6.66. The third kappa shape index (κ3) is 5.01. The number of aromatic nitrogens is 2. The van der Waals surface area contributed by atoms with Crippen molar-refractivity contribution in [3.63, 3.8) is 0 Å². The van der Waals surface area contributed by atoms with E-state index in [1.165, 1.54) is 0 Å². The van der Waals surface area contributed by atoms with Gasteiger partial charge in [0.2, 0.25) is 3.79 Å². The van der Waals surface area contributed by atoms with Crippen molar-refractivity contribution in [2.45, 2.75) is 43.3 Å². The Labute approximate surface area is 134 Å². The fourth-order valence-corrected chi connectivity index (χ4v) is 2.09. The largest absolute Gasteiger partial charge is 0.339 e. The van der Waals surface area contributed by atoms with Gasteiger partial charge < -0.3 is 4.98 Å². The number of hydrogen-bond acceptors (Lipinski definition) is 2. The third-order valence-corrected chi connectivity index (χ3v) is 3.37. The van der Waals surface area contributed by atoms with Gasteiger partial charge in [0.1, 0.15) is 0 Å². The summed E-state index contributed by atoms with van der Waals surface area (Å²) < 4.78 is -1.59. The highest BCUT2D eigenvalue weighted by Crippen LogP contribution is 2.34. The number of rotatable bonds is 5. The molecular formula is C14H18Cl3N3. The summed E-state index contributed by atoms with van der Waals surface area (Å²) in [5, 5.41) is 10.7. The van der Waals surface area contributed by atoms with Crippen LogP contribution in [0.25, 0.3) is 12.2 Å². The summed E-state index contributed by atoms with van der Waals surface area (Å²) in [5.41, 5.74) is 0. The van der Waals surface area contributed by atoms with Crippen LogP contribution in [-0.2, 0) is 3.79 Å². The molecule has 0 radical (unpaired) electrons. The monoisotopic (exact) mass is 333 g/mol. The smallest absolute Gasteiger partial charge is 0.248 e. The zero-order chi connectivity index (χ0) is 15.2. The SMILES string of the molecule is CC/C=c1/nc(C(Cl)(Cl)Cl)[nH]/c1=C/C(C#N)CCCC. The molecule has 0 aliphatic heterocycles. The Balaban J connectivity index is 3.25. The fraction of sp³-hybridized carbons (Fsp3) is 0.571. The van der Waals surface area contributed by atoms with Crippen molar-refractivity contribution in [2.75, 3.05) is 0 Å². The van der Waals surface area contributed by atoms with Gasteiger partial charge in [-0.05, 0) is 18.9 Å². The number of halogens is 3. The van der Waals surface area contributed by atoms with Crippen LogP contribution in [0.1, 0.15) is 45.4 Å². The van der Waals surface area contributed by atoms with Crippen LogP contribution in [0.15, 0.2) is 0 Å². The van der Waals surface area contributed by atoms with Crippen molar-refractivity contribution in [2.24, 2.45) is 5.92 Å². The van der Waals surface area contributed by atoms with Gasteiger partial charge in [-0.3, -0.25) is 0 Å². The summed E-state index contributed by atoms with van der Waals surface area (Å²) >= 11 is 17.5. The molecule has 1 heterocycles. The second kappa shape index (κ2) is 7.93. The first kappa shape index (κ1) is 17.4. The first-order valence-corrected chi connectivity index (χ1v) is 7.80. The molecule has 0 saturated carbocycles. The molecule has 1 aromatic heterocycles. The summed E-state index contributed by atoms with van der Waals surface area (Å²) in [6.45, 7) is 4.11. The molecule has 0 fully saturated rings. The summed E-state index contributed by atoms with van der Waals surface area (Å²) in [5.74, 6) is 0.114. The van der Waals surface area contributed by atoms with Crippen LogP contribution in [-0.4, -0.2) is 9.97 Å². The van der Waals surface area contributed by atoms with Gasteiger partial charge >= 0.3 is 0 Å². The number of nitriles is 1. The van der Waals surface area contributed by atoms with Crippen LogP contribution in [0.3, 0.4) is 0 Å². The maximum Gasteiger partial charge on any atom is 0.248 e. The molecule has 6 heteroatoms. The number of H-pyrrole nitrogens is 1. The molecule has 1 aromatic rings. The highest BCUT2D eigenvalue weighted by Gasteiger charge is 2.26. The molecule has 0 aromatic carbocycles. The van der Waals surface area contributed by atoms with Crippen molar-refractivity contribution in [1.82, 2.24) is 9.97 Å². The topological polar surface area (TPSA) is 52.5 Å². The Morgan fingerprint density at radius 1 is 1.40 bits per heavy atom. The van der Waals surface area contributed by atoms with Gasteiger partial charge in [0.05, 0.1) is 22.7 Å². The standard InChI is InChI=1S/C14H18Cl3N3/c1-3-5-7-10(9-18)8-12-11(6-4-2)19-13(20-12)14(15,16)17/h6,8,10H,3-5,7H2,1-2H3,(H,19,20)/b11-6+,12-8+. The van der Waals surface area contributed by atoms with Crippen LogP contribution >= 0.6 is 34.8 Å². The van der Waals surface area contributed by atoms with Crippen LogP contribution in [0.4, 0.5) is 0 Å². The lowest BCUT2D eigenvalue weighted by atomic mass is 10.0. The number of nitrogens with one attached hydrogen (secondary N) is 1. The molecule has 1 atom stereocenters. The Morgan fingerprint density at radius 3 is 2.60 bits per heavy atom. The van der Waals surface area contributed by atoms with Crippen molar-refractivity contribution in [3.8, 4) is 6.07 Å². The molecule has 0 aliphatic rings. The molecule has 3 nitrogen and oxygen atoms in total. The van der Waals surface area contributed by atoms with Crippen LogP contribution in [0.2, 0.25) is 0 Å². The number of imidazole rings is 1. The van der Waals surface area contributed by atoms with Crippen LogP contribution < -0.4 is 10.7 Å². The number of alkyl halides is 3. The number of unbranched alkanes of at least 4 members (excludes halogenated alkanes) is 1. The molecule has 1 unspecified atom stereocenters. The first-order valence-electron chi connectivity index (χ1n) is 6.67. The second-order valence-corrected chi connectivity index (χ2v) is 6.82. The zero-order valence-corrected chi connectivity index (χ0v) is 13.9. The van der Waals surface area contributed by atoms with Crippen molar-refractivity contribution in [3.05, 3.63) is 16.5 Å². The van der Waals surface area contributed by atoms with E-state index in [4.69, 9.17) is 34.8 Å². The summed E-state index contributed by atoms with van der Waals surface area (Å²) in [6, 6.07) is 2.29. The van der Waals surface area contributed by atoms with Gasteiger partial charge in [-0.15, -0.1) is 0 Å². The van der Waals surface area contributed by atoms with Crippen molar-refractivity contribution < 1.29 is 0 Å². The molecule has 0 amide bonds. The van der Waals surface area contributed by atoms with E-state index in [1.54, 1.807) is 0 Å². The van der Waals surface area contributed by atoms with E-state index in [0.717, 1.165) is 36.4 Å². The third-order valence-electron chi connectivity index (χ3n) is 2.83. The highest BCUT2D eigenvalue weighted by atomic mass is 35.6. The minimum absolute atomic E-state index is 0.164. The lowest BCUT2D eigenvalue weighted by molar-refractivity contribution is 0.669. The Kier molecular flexibility index (Phi) is 6.88. The van der Waals surface area contributed by atoms with E-state index in [2.05, 4.69) is 23.0 Å². The zero-order valence-electron chi connectivity index (χ0n) is 11.6. The molecule has 20 heavy (non-hydrogen) atoms. The van der Waals surface area contributed by atoms with E-state index < -0.39 is 3.79 Å². The van der Waals surface area contributed by atoms with Crippen molar-refractivity contribution >= 4 is 47.0 Å². The van der Waals surface area contributed by atoms with E-state index in [9.17, 15) is 5.26 Å². The lowest BCUT2D eigenvalue weighted by Crippen LogP contribution is -2.25. The van der Waals surface area contributed by atoms with Gasteiger partial charge in [-0.25, -0.2) is 4.98 Å². The first-order chi connectivity index (χ1) is 9.42. The molecule has 1 N–H and O–H groups in total. The van der Waals surface area contributed by atoms with Crippen LogP contribution in [0.5, 0.6) is 0 Å². The molecular weight excluding hydrogens is 317 g/mol. The average Bonchev–Trinajstić information content (AvgIpc) is 2.78. The predicted molar refractivity (Wildman–Crippen MR) is 84.9 cm³/mol. The molecule has 0 bridgehead atoms. The molecule has 1 rings (SSSR count).